The first-order chi connectivity index (χ1) is 6.94. The fourth-order valence-corrected chi connectivity index (χ4v) is 1.44. The van der Waals surface area contributed by atoms with Gasteiger partial charge < -0.3 is 4.74 Å². The van der Waals surface area contributed by atoms with Crippen LogP contribution in [0.15, 0.2) is 0 Å². The van der Waals surface area contributed by atoms with Gasteiger partial charge in [0, 0.05) is 18.4 Å². The third-order valence-electron chi connectivity index (χ3n) is 2.93. The highest BCUT2D eigenvalue weighted by Crippen LogP contribution is 2.27. The van der Waals surface area contributed by atoms with E-state index in [1.807, 2.05) is 27.7 Å². The van der Waals surface area contributed by atoms with Crippen LogP contribution in [0, 0.1) is 13.8 Å². The fourth-order valence-electron chi connectivity index (χ4n) is 1.22. The largest absolute Gasteiger partial charge is 0.371 e. The molecule has 1 heterocycles. The van der Waals surface area contributed by atoms with Gasteiger partial charge in [0.1, 0.15) is 10.8 Å². The van der Waals surface area contributed by atoms with Gasteiger partial charge >= 0.3 is 0 Å². The minimum Gasteiger partial charge on any atom is -0.371 e. The highest BCUT2D eigenvalue weighted by atomic mass is 35.5. The molecule has 3 nitrogen and oxygen atoms in total. The molecule has 1 unspecified atom stereocenters. The van der Waals surface area contributed by atoms with E-state index in [-0.39, 0.29) is 0 Å². The van der Waals surface area contributed by atoms with E-state index in [9.17, 15) is 0 Å². The molecule has 0 saturated carbocycles. The summed E-state index contributed by atoms with van der Waals surface area (Å²) < 4.78 is 5.44. The normalized spacial score (nSPS) is 15.1. The third-order valence-corrected chi connectivity index (χ3v) is 3.30. The zero-order valence-electron chi connectivity index (χ0n) is 9.89. The standard InChI is InChI=1S/C11H17ClN2O/c1-6-11(4,15-5)10-13-8(3)7(2)9(12)14-10/h6H2,1-5H3. The van der Waals surface area contributed by atoms with Crippen LogP contribution in [0.25, 0.3) is 0 Å². The van der Waals surface area contributed by atoms with Gasteiger partial charge in [0.25, 0.3) is 0 Å². The van der Waals surface area contributed by atoms with E-state index < -0.39 is 5.60 Å². The highest BCUT2D eigenvalue weighted by Gasteiger charge is 2.28. The van der Waals surface area contributed by atoms with Crippen LogP contribution in [0.4, 0.5) is 0 Å². The van der Waals surface area contributed by atoms with Gasteiger partial charge in [0.15, 0.2) is 5.82 Å². The number of hydrogen-bond acceptors (Lipinski definition) is 3. The molecule has 0 spiro atoms. The Kier molecular flexibility index (Phi) is 3.68. The molecule has 1 aromatic rings. The minimum atomic E-state index is -0.456. The number of methoxy groups -OCH3 is 1. The van der Waals surface area contributed by atoms with Crippen LogP contribution in [0.1, 0.15) is 37.4 Å². The van der Waals surface area contributed by atoms with E-state index in [0.717, 1.165) is 17.7 Å². The van der Waals surface area contributed by atoms with E-state index in [4.69, 9.17) is 16.3 Å². The number of aryl methyl sites for hydroxylation is 1. The average molecular weight is 229 g/mol. The summed E-state index contributed by atoms with van der Waals surface area (Å²) in [6, 6.07) is 0. The average Bonchev–Trinajstić information content (AvgIpc) is 2.24. The summed E-state index contributed by atoms with van der Waals surface area (Å²) in [5, 5.41) is 0.509. The van der Waals surface area contributed by atoms with Crippen molar-refractivity contribution >= 4 is 11.6 Å². The monoisotopic (exact) mass is 228 g/mol. The Balaban J connectivity index is 3.27. The number of hydrogen-bond donors (Lipinski definition) is 0. The molecule has 0 aliphatic rings. The van der Waals surface area contributed by atoms with Crippen molar-refractivity contribution in [3.63, 3.8) is 0 Å². The summed E-state index contributed by atoms with van der Waals surface area (Å²) in [6.07, 6.45) is 0.808. The summed E-state index contributed by atoms with van der Waals surface area (Å²) in [6.45, 7) is 7.85. The van der Waals surface area contributed by atoms with Gasteiger partial charge in [-0.2, -0.15) is 0 Å². The third kappa shape index (κ3) is 2.29. The molecular formula is C11H17ClN2O. The van der Waals surface area contributed by atoms with Gasteiger partial charge in [0.2, 0.25) is 0 Å². The Labute approximate surface area is 95.8 Å². The van der Waals surface area contributed by atoms with Gasteiger partial charge in [-0.25, -0.2) is 9.97 Å². The molecule has 0 N–H and O–H groups in total. The SMILES string of the molecule is CCC(C)(OC)c1nc(C)c(C)c(Cl)n1. The van der Waals surface area contributed by atoms with Crippen LogP contribution in [-0.2, 0) is 10.3 Å². The summed E-state index contributed by atoms with van der Waals surface area (Å²) in [4.78, 5) is 8.70. The molecule has 0 aromatic carbocycles. The predicted molar refractivity (Wildman–Crippen MR) is 61.2 cm³/mol. The molecule has 1 aromatic heterocycles. The van der Waals surface area contributed by atoms with Crippen molar-refractivity contribution in [3.8, 4) is 0 Å². The van der Waals surface area contributed by atoms with Gasteiger partial charge in [-0.05, 0) is 27.2 Å². The molecular weight excluding hydrogens is 212 g/mol. The molecule has 0 amide bonds. The Bertz CT molecular complexity index is 339. The van der Waals surface area contributed by atoms with Crippen molar-refractivity contribution in [2.75, 3.05) is 7.11 Å². The topological polar surface area (TPSA) is 35.0 Å². The molecule has 0 radical (unpaired) electrons. The summed E-state index contributed by atoms with van der Waals surface area (Å²) in [7, 11) is 1.66. The predicted octanol–water partition coefficient (Wildman–Crippen LogP) is 3.02. The van der Waals surface area contributed by atoms with E-state index in [0.29, 0.717) is 11.0 Å². The summed E-state index contributed by atoms with van der Waals surface area (Å²) in [5.74, 6) is 0.653. The quantitative estimate of drug-likeness (QED) is 0.746. The molecule has 1 rings (SSSR count). The summed E-state index contributed by atoms with van der Waals surface area (Å²) in [5.41, 5.74) is 1.37. The lowest BCUT2D eigenvalue weighted by molar-refractivity contribution is -0.00912. The van der Waals surface area contributed by atoms with Crippen LogP contribution in [0.5, 0.6) is 0 Å². The van der Waals surface area contributed by atoms with Crippen LogP contribution < -0.4 is 0 Å². The Morgan fingerprint density at radius 3 is 2.33 bits per heavy atom. The maximum atomic E-state index is 6.03. The van der Waals surface area contributed by atoms with Gasteiger partial charge in [-0.15, -0.1) is 0 Å². The first-order valence-corrected chi connectivity index (χ1v) is 5.38. The van der Waals surface area contributed by atoms with Crippen molar-refractivity contribution in [3.05, 3.63) is 22.2 Å². The molecule has 1 atom stereocenters. The van der Waals surface area contributed by atoms with E-state index in [2.05, 4.69) is 9.97 Å². The van der Waals surface area contributed by atoms with Crippen molar-refractivity contribution in [2.24, 2.45) is 0 Å². The maximum absolute atomic E-state index is 6.03. The van der Waals surface area contributed by atoms with Crippen molar-refractivity contribution in [1.29, 1.82) is 0 Å². The zero-order valence-corrected chi connectivity index (χ0v) is 10.6. The minimum absolute atomic E-state index is 0.456. The number of nitrogens with zero attached hydrogens (tertiary/aromatic N) is 2. The van der Waals surface area contributed by atoms with Crippen molar-refractivity contribution < 1.29 is 4.74 Å². The maximum Gasteiger partial charge on any atom is 0.161 e. The Hall–Kier alpha value is -0.670. The Morgan fingerprint density at radius 1 is 1.33 bits per heavy atom. The molecule has 0 bridgehead atoms. The first kappa shape index (κ1) is 12.4. The number of ether oxygens (including phenoxy) is 1. The lowest BCUT2D eigenvalue weighted by Crippen LogP contribution is -2.27. The molecule has 0 aliphatic carbocycles. The number of halogens is 1. The van der Waals surface area contributed by atoms with Crippen LogP contribution in [-0.4, -0.2) is 17.1 Å². The molecule has 15 heavy (non-hydrogen) atoms. The molecule has 0 aliphatic heterocycles. The second-order valence-corrected chi connectivity index (χ2v) is 4.19. The van der Waals surface area contributed by atoms with Crippen LogP contribution in [0.2, 0.25) is 5.15 Å². The number of aromatic nitrogens is 2. The van der Waals surface area contributed by atoms with E-state index in [1.54, 1.807) is 7.11 Å². The van der Waals surface area contributed by atoms with E-state index in [1.165, 1.54) is 0 Å². The number of rotatable bonds is 3. The second kappa shape index (κ2) is 4.45. The molecule has 84 valence electrons. The van der Waals surface area contributed by atoms with E-state index >= 15 is 0 Å². The lowest BCUT2D eigenvalue weighted by atomic mass is 10.0. The van der Waals surface area contributed by atoms with Gasteiger partial charge in [-0.1, -0.05) is 18.5 Å². The fraction of sp³-hybridized carbons (Fsp3) is 0.636. The van der Waals surface area contributed by atoms with Crippen LogP contribution >= 0.6 is 11.6 Å². The molecule has 4 heteroatoms. The van der Waals surface area contributed by atoms with Gasteiger partial charge in [0.05, 0.1) is 0 Å². The van der Waals surface area contributed by atoms with Gasteiger partial charge in [-0.3, -0.25) is 0 Å². The molecule has 0 saturated heterocycles. The Morgan fingerprint density at radius 2 is 1.93 bits per heavy atom. The zero-order chi connectivity index (χ0) is 11.6. The first-order valence-electron chi connectivity index (χ1n) is 5.01. The highest BCUT2D eigenvalue weighted by molar-refractivity contribution is 6.30. The van der Waals surface area contributed by atoms with Crippen molar-refractivity contribution in [2.45, 2.75) is 39.7 Å². The smallest absolute Gasteiger partial charge is 0.161 e. The van der Waals surface area contributed by atoms with Crippen LogP contribution in [0.3, 0.4) is 0 Å². The molecule has 0 fully saturated rings. The lowest BCUT2D eigenvalue weighted by Gasteiger charge is -2.25. The summed E-state index contributed by atoms with van der Waals surface area (Å²) >= 11 is 6.03. The van der Waals surface area contributed by atoms with Crippen molar-refractivity contribution in [1.82, 2.24) is 9.97 Å². The second-order valence-electron chi connectivity index (χ2n) is 3.84.